The average molecular weight is 557 g/mol. The lowest BCUT2D eigenvalue weighted by Crippen LogP contribution is -2.40. The van der Waals surface area contributed by atoms with Gasteiger partial charge in [0, 0.05) is 19.4 Å². The molecule has 0 fully saturated rings. The molecule has 1 aliphatic heterocycles. The molecule has 0 saturated heterocycles. The van der Waals surface area contributed by atoms with Crippen LogP contribution in [0.4, 0.5) is 18.9 Å². The number of methoxy groups -OCH3 is 2. The third-order valence-corrected chi connectivity index (χ3v) is 7.28. The van der Waals surface area contributed by atoms with E-state index in [0.717, 1.165) is 28.8 Å². The fourth-order valence-corrected chi connectivity index (χ4v) is 5.21. The van der Waals surface area contributed by atoms with E-state index in [1.165, 1.54) is 6.07 Å². The van der Waals surface area contributed by atoms with Crippen molar-refractivity contribution >= 4 is 11.6 Å². The van der Waals surface area contributed by atoms with Crippen LogP contribution in [0.1, 0.15) is 59.2 Å². The number of nitrogen functional groups attached to an aromatic ring is 1. The molecule has 3 aromatic carbocycles. The first-order valence-electron chi connectivity index (χ1n) is 13.3. The fraction of sp³-hybridized carbons (Fsp3) is 0.387. The van der Waals surface area contributed by atoms with E-state index < -0.39 is 17.8 Å². The summed E-state index contributed by atoms with van der Waals surface area (Å²) in [6.45, 7) is 4.38. The molecule has 0 bridgehead atoms. The summed E-state index contributed by atoms with van der Waals surface area (Å²) in [4.78, 5) is 15.0. The van der Waals surface area contributed by atoms with Gasteiger partial charge in [-0.15, -0.1) is 0 Å². The van der Waals surface area contributed by atoms with Gasteiger partial charge in [0.05, 0.1) is 38.1 Å². The van der Waals surface area contributed by atoms with Gasteiger partial charge in [0.25, 0.3) is 0 Å². The number of ether oxygens (including phenoxy) is 3. The topological polar surface area (TPSA) is 74.0 Å². The van der Waals surface area contributed by atoms with E-state index in [4.69, 9.17) is 19.9 Å². The number of aryl methyl sites for hydroxylation is 1. The summed E-state index contributed by atoms with van der Waals surface area (Å²) in [5.74, 6) is 1.62. The van der Waals surface area contributed by atoms with Crippen LogP contribution in [0.2, 0.25) is 0 Å². The molecule has 1 amide bonds. The summed E-state index contributed by atoms with van der Waals surface area (Å²) in [6.07, 6.45) is -2.24. The minimum absolute atomic E-state index is 0.0342. The van der Waals surface area contributed by atoms with Gasteiger partial charge in [0.1, 0.15) is 5.75 Å². The molecule has 0 aromatic heterocycles. The van der Waals surface area contributed by atoms with Crippen LogP contribution in [0.3, 0.4) is 0 Å². The molecule has 6 nitrogen and oxygen atoms in total. The molecule has 3 aromatic rings. The Morgan fingerprint density at radius 1 is 1.00 bits per heavy atom. The standard InChI is InChI=1S/C31H35F3N2O4/c1-5-6-29(37)36-13-11-21-17-27(39-4)28(40-14-12-20-7-10-25(35)26(16-20)38-3)18-24(21)30(36)23-9-8-22(15-19(23)2)31(32,33)34/h7-10,15-18,30H,5-6,11-14,35H2,1-4H3. The SMILES string of the molecule is CCCC(=O)N1CCc2cc(OC)c(OCCc3ccc(N)c(OC)c3)cc2C1c1ccc(C(F)(F)F)cc1C. The van der Waals surface area contributed by atoms with E-state index in [1.807, 2.05) is 31.2 Å². The Labute approximate surface area is 232 Å². The van der Waals surface area contributed by atoms with Gasteiger partial charge in [-0.05, 0) is 84.0 Å². The highest BCUT2D eigenvalue weighted by atomic mass is 19.4. The molecular weight excluding hydrogens is 521 g/mol. The van der Waals surface area contributed by atoms with Crippen molar-refractivity contribution in [1.82, 2.24) is 4.90 Å². The van der Waals surface area contributed by atoms with Crippen LogP contribution in [-0.4, -0.2) is 38.2 Å². The van der Waals surface area contributed by atoms with E-state index in [2.05, 4.69) is 0 Å². The predicted octanol–water partition coefficient (Wildman–Crippen LogP) is 6.51. The van der Waals surface area contributed by atoms with Crippen LogP contribution in [0.5, 0.6) is 17.2 Å². The number of nitrogens with two attached hydrogens (primary N) is 1. The highest BCUT2D eigenvalue weighted by Crippen LogP contribution is 2.43. The zero-order valence-corrected chi connectivity index (χ0v) is 23.2. The molecule has 1 aliphatic rings. The zero-order chi connectivity index (χ0) is 29.0. The van der Waals surface area contributed by atoms with Gasteiger partial charge in [-0.25, -0.2) is 0 Å². The summed E-state index contributed by atoms with van der Waals surface area (Å²) in [5, 5.41) is 0. The van der Waals surface area contributed by atoms with Crippen molar-refractivity contribution in [3.8, 4) is 17.2 Å². The number of carbonyl (C=O) groups excluding carboxylic acids is 1. The van der Waals surface area contributed by atoms with Gasteiger partial charge >= 0.3 is 6.18 Å². The van der Waals surface area contributed by atoms with Crippen molar-refractivity contribution in [3.63, 3.8) is 0 Å². The number of alkyl halides is 3. The van der Waals surface area contributed by atoms with Crippen molar-refractivity contribution in [2.75, 3.05) is 33.1 Å². The number of carbonyl (C=O) groups is 1. The van der Waals surface area contributed by atoms with Crippen LogP contribution in [-0.2, 0) is 23.8 Å². The number of nitrogens with zero attached hydrogens (tertiary/aromatic N) is 1. The molecule has 1 unspecified atom stereocenters. The fourth-order valence-electron chi connectivity index (χ4n) is 5.21. The number of halogens is 3. The molecular formula is C31H35F3N2O4. The minimum Gasteiger partial charge on any atom is -0.495 e. The maximum absolute atomic E-state index is 13.4. The first-order valence-corrected chi connectivity index (χ1v) is 13.3. The van der Waals surface area contributed by atoms with Crippen molar-refractivity contribution in [3.05, 3.63) is 81.9 Å². The Morgan fingerprint density at radius 2 is 1.75 bits per heavy atom. The van der Waals surface area contributed by atoms with Gasteiger partial charge in [-0.1, -0.05) is 19.1 Å². The zero-order valence-electron chi connectivity index (χ0n) is 23.2. The van der Waals surface area contributed by atoms with Crippen LogP contribution < -0.4 is 19.9 Å². The smallest absolute Gasteiger partial charge is 0.416 e. The molecule has 0 aliphatic carbocycles. The summed E-state index contributed by atoms with van der Waals surface area (Å²) in [5.41, 5.74) is 9.66. The quantitative estimate of drug-likeness (QED) is 0.304. The van der Waals surface area contributed by atoms with Crippen molar-refractivity contribution in [2.45, 2.75) is 51.7 Å². The van der Waals surface area contributed by atoms with E-state index >= 15 is 0 Å². The Morgan fingerprint density at radius 3 is 2.40 bits per heavy atom. The number of fused-ring (bicyclic) bond motifs is 1. The monoisotopic (exact) mass is 556 g/mol. The molecule has 1 atom stereocenters. The first kappa shape index (κ1) is 29.1. The molecule has 0 radical (unpaired) electrons. The normalized spacial score (nSPS) is 15.0. The molecule has 0 spiro atoms. The lowest BCUT2D eigenvalue weighted by atomic mass is 9.85. The second-order valence-corrected chi connectivity index (χ2v) is 9.94. The van der Waals surface area contributed by atoms with E-state index in [9.17, 15) is 18.0 Å². The summed E-state index contributed by atoms with van der Waals surface area (Å²) in [6, 6.07) is 12.5. The summed E-state index contributed by atoms with van der Waals surface area (Å²) < 4.78 is 57.4. The molecule has 1 heterocycles. The van der Waals surface area contributed by atoms with Crippen molar-refractivity contribution in [2.24, 2.45) is 0 Å². The summed E-state index contributed by atoms with van der Waals surface area (Å²) >= 11 is 0. The Hall–Kier alpha value is -3.88. The van der Waals surface area contributed by atoms with Crippen molar-refractivity contribution in [1.29, 1.82) is 0 Å². The Bertz CT molecular complexity index is 1370. The number of amides is 1. The second-order valence-electron chi connectivity index (χ2n) is 9.94. The highest BCUT2D eigenvalue weighted by Gasteiger charge is 2.36. The van der Waals surface area contributed by atoms with E-state index in [1.54, 1.807) is 32.1 Å². The number of hydrogen-bond donors (Lipinski definition) is 1. The third-order valence-electron chi connectivity index (χ3n) is 7.28. The third kappa shape index (κ3) is 6.13. The minimum atomic E-state index is -4.45. The van der Waals surface area contributed by atoms with Gasteiger partial charge in [0.2, 0.25) is 5.91 Å². The maximum atomic E-state index is 13.4. The largest absolute Gasteiger partial charge is 0.495 e. The molecule has 40 heavy (non-hydrogen) atoms. The molecule has 214 valence electrons. The highest BCUT2D eigenvalue weighted by molar-refractivity contribution is 5.78. The second kappa shape index (κ2) is 12.1. The van der Waals surface area contributed by atoms with Crippen LogP contribution in [0.25, 0.3) is 0 Å². The first-order chi connectivity index (χ1) is 19.1. The molecule has 2 N–H and O–H groups in total. The van der Waals surface area contributed by atoms with E-state index in [0.29, 0.717) is 72.9 Å². The van der Waals surface area contributed by atoms with Crippen LogP contribution >= 0.6 is 0 Å². The lowest BCUT2D eigenvalue weighted by molar-refractivity contribution is -0.138. The molecule has 4 rings (SSSR count). The Kier molecular flexibility index (Phi) is 8.81. The van der Waals surface area contributed by atoms with Gasteiger partial charge in [0.15, 0.2) is 11.5 Å². The predicted molar refractivity (Wildman–Crippen MR) is 148 cm³/mol. The number of hydrogen-bond acceptors (Lipinski definition) is 5. The van der Waals surface area contributed by atoms with Crippen LogP contribution in [0, 0.1) is 6.92 Å². The Balaban J connectivity index is 1.71. The number of rotatable bonds is 9. The number of anilines is 1. The molecule has 9 heteroatoms. The summed E-state index contributed by atoms with van der Waals surface area (Å²) in [7, 11) is 3.13. The van der Waals surface area contributed by atoms with Gasteiger partial charge in [-0.3, -0.25) is 4.79 Å². The van der Waals surface area contributed by atoms with Gasteiger partial charge < -0.3 is 24.8 Å². The van der Waals surface area contributed by atoms with Gasteiger partial charge in [-0.2, -0.15) is 13.2 Å². The lowest BCUT2D eigenvalue weighted by Gasteiger charge is -2.39. The van der Waals surface area contributed by atoms with E-state index in [-0.39, 0.29) is 5.91 Å². The average Bonchev–Trinajstić information content (AvgIpc) is 2.92. The maximum Gasteiger partial charge on any atom is 0.416 e. The van der Waals surface area contributed by atoms with Crippen LogP contribution in [0.15, 0.2) is 48.5 Å². The number of benzene rings is 3. The van der Waals surface area contributed by atoms with Crippen molar-refractivity contribution < 1.29 is 32.2 Å². The molecule has 0 saturated carbocycles.